The van der Waals surface area contributed by atoms with Gasteiger partial charge < -0.3 is 0 Å². The summed E-state index contributed by atoms with van der Waals surface area (Å²) in [4.78, 5) is 3.35. The van der Waals surface area contributed by atoms with Gasteiger partial charge in [0.1, 0.15) is 6.33 Å². The van der Waals surface area contributed by atoms with Gasteiger partial charge in [-0.25, -0.2) is 13.9 Å². The molecule has 0 aliphatic heterocycles. The summed E-state index contributed by atoms with van der Waals surface area (Å²) < 4.78 is 91.9. The second-order valence-electron chi connectivity index (χ2n) is 3.19. The highest BCUT2D eigenvalue weighted by molar-refractivity contribution is 7.52. The highest BCUT2D eigenvalue weighted by atomic mass is 31.2. The monoisotopic (exact) mass is 312 g/mol. The van der Waals surface area contributed by atoms with Gasteiger partial charge in [0.25, 0.3) is 0 Å². The summed E-state index contributed by atoms with van der Waals surface area (Å²) in [6, 6.07) is 0. The third kappa shape index (κ3) is 5.62. The van der Waals surface area contributed by atoms with Gasteiger partial charge in [-0.15, -0.1) is 0 Å². The molecule has 0 N–H and O–H groups in total. The van der Waals surface area contributed by atoms with Gasteiger partial charge in [-0.1, -0.05) is 0 Å². The first-order valence-electron chi connectivity index (χ1n) is 4.53. The van der Waals surface area contributed by atoms with Crippen LogP contribution in [0.3, 0.4) is 0 Å². The lowest BCUT2D eigenvalue weighted by molar-refractivity contribution is -0.165. The Labute approximate surface area is 102 Å². The van der Waals surface area contributed by atoms with E-state index in [1.54, 1.807) is 0 Å². The van der Waals surface area contributed by atoms with Crippen molar-refractivity contribution in [3.63, 3.8) is 0 Å². The molecule has 1 aromatic heterocycles. The summed E-state index contributed by atoms with van der Waals surface area (Å²) in [6.07, 6.45) is -7.13. The van der Waals surface area contributed by atoms with Crippen molar-refractivity contribution in [2.24, 2.45) is 0 Å². The Morgan fingerprint density at radius 1 is 1.05 bits per heavy atom. The standard InChI is InChI=1S/C7H7F6N2O3P/c8-6(9,10)3-17-19(16,15-2-1-14-5-15)18-4-7(11,12)13/h1-2,5H,3-4H2. The van der Waals surface area contributed by atoms with E-state index in [0.29, 0.717) is 4.34 Å². The van der Waals surface area contributed by atoms with Crippen molar-refractivity contribution < 1.29 is 40.0 Å². The zero-order valence-corrected chi connectivity index (χ0v) is 9.87. The fraction of sp³-hybridized carbons (Fsp3) is 0.571. The van der Waals surface area contributed by atoms with Gasteiger partial charge in [-0.2, -0.15) is 26.3 Å². The molecular formula is C7H7F6N2O3P. The topological polar surface area (TPSA) is 53.4 Å². The van der Waals surface area contributed by atoms with Gasteiger partial charge in [0.2, 0.25) is 0 Å². The van der Waals surface area contributed by atoms with E-state index in [9.17, 15) is 30.9 Å². The third-order valence-electron chi connectivity index (χ3n) is 1.56. The summed E-state index contributed by atoms with van der Waals surface area (Å²) in [5, 5.41) is 0. The van der Waals surface area contributed by atoms with Crippen LogP contribution in [-0.2, 0) is 13.6 Å². The Kier molecular flexibility index (Phi) is 4.64. The third-order valence-corrected chi connectivity index (χ3v) is 3.27. The predicted molar refractivity (Wildman–Crippen MR) is 49.2 cm³/mol. The Morgan fingerprint density at radius 2 is 1.53 bits per heavy atom. The molecule has 1 heterocycles. The van der Waals surface area contributed by atoms with E-state index < -0.39 is 33.3 Å². The van der Waals surface area contributed by atoms with E-state index in [0.717, 1.165) is 18.7 Å². The SMILES string of the molecule is O=P(OCC(F)(F)F)(OCC(F)(F)F)n1ccnc1. The Bertz CT molecular complexity index is 421. The lowest BCUT2D eigenvalue weighted by atomic mass is 10.7. The van der Waals surface area contributed by atoms with E-state index in [1.165, 1.54) is 0 Å². The van der Waals surface area contributed by atoms with Crippen molar-refractivity contribution in [3.05, 3.63) is 18.7 Å². The molecule has 5 nitrogen and oxygen atoms in total. The van der Waals surface area contributed by atoms with Crippen LogP contribution in [-0.4, -0.2) is 34.9 Å². The number of halogens is 6. The van der Waals surface area contributed by atoms with Crippen molar-refractivity contribution in [2.45, 2.75) is 12.4 Å². The smallest absolute Gasteiger partial charge is 0.282 e. The highest BCUT2D eigenvalue weighted by Gasteiger charge is 2.39. The van der Waals surface area contributed by atoms with Crippen LogP contribution in [0, 0.1) is 0 Å². The minimum absolute atomic E-state index is 0.421. The van der Waals surface area contributed by atoms with Crippen LogP contribution in [0.25, 0.3) is 0 Å². The highest BCUT2D eigenvalue weighted by Crippen LogP contribution is 2.51. The number of rotatable bonds is 5. The number of hydrogen-bond donors (Lipinski definition) is 0. The van der Waals surface area contributed by atoms with Gasteiger partial charge >= 0.3 is 20.1 Å². The molecule has 0 radical (unpaired) electrons. The van der Waals surface area contributed by atoms with Crippen LogP contribution in [0.4, 0.5) is 26.3 Å². The molecule has 0 aliphatic carbocycles. The average molecular weight is 312 g/mol. The molecule has 0 bridgehead atoms. The van der Waals surface area contributed by atoms with Crippen LogP contribution >= 0.6 is 7.75 Å². The molecule has 0 saturated heterocycles. The quantitative estimate of drug-likeness (QED) is 0.619. The molecule has 0 fully saturated rings. The van der Waals surface area contributed by atoms with Crippen LogP contribution in [0.5, 0.6) is 0 Å². The molecule has 1 aromatic rings. The van der Waals surface area contributed by atoms with Crippen molar-refractivity contribution in [1.82, 2.24) is 9.32 Å². The minimum atomic E-state index is -4.86. The molecule has 0 atom stereocenters. The molecule has 1 rings (SSSR count). The first kappa shape index (κ1) is 16.0. The maximum absolute atomic E-state index is 12.0. The second-order valence-corrected chi connectivity index (χ2v) is 5.10. The Balaban J connectivity index is 2.83. The van der Waals surface area contributed by atoms with Crippen LogP contribution in [0.15, 0.2) is 18.7 Å². The van der Waals surface area contributed by atoms with Crippen molar-refractivity contribution in [3.8, 4) is 0 Å². The molecular weight excluding hydrogens is 305 g/mol. The lowest BCUT2D eigenvalue weighted by Crippen LogP contribution is -2.21. The fourth-order valence-electron chi connectivity index (χ4n) is 0.877. The van der Waals surface area contributed by atoms with E-state index >= 15 is 0 Å². The molecule has 12 heteroatoms. The average Bonchev–Trinajstić information content (AvgIpc) is 2.75. The molecule has 0 aromatic carbocycles. The van der Waals surface area contributed by atoms with E-state index in [2.05, 4.69) is 14.0 Å². The maximum atomic E-state index is 12.0. The molecule has 0 spiro atoms. The summed E-state index contributed by atoms with van der Waals surface area (Å²) in [6.45, 7) is -4.03. The van der Waals surface area contributed by atoms with E-state index in [4.69, 9.17) is 0 Å². The Hall–Kier alpha value is -1.06. The Morgan fingerprint density at radius 3 is 1.84 bits per heavy atom. The predicted octanol–water partition coefficient (Wildman–Crippen LogP) is 3.00. The molecule has 110 valence electrons. The van der Waals surface area contributed by atoms with Gasteiger partial charge in [0.05, 0.1) is 0 Å². The van der Waals surface area contributed by atoms with E-state index in [-0.39, 0.29) is 0 Å². The van der Waals surface area contributed by atoms with Gasteiger partial charge in [0.15, 0.2) is 13.2 Å². The van der Waals surface area contributed by atoms with Crippen LogP contribution in [0.2, 0.25) is 0 Å². The zero-order valence-electron chi connectivity index (χ0n) is 8.98. The number of aromatic nitrogens is 2. The van der Waals surface area contributed by atoms with Crippen LogP contribution in [0.1, 0.15) is 0 Å². The summed E-state index contributed by atoms with van der Waals surface area (Å²) in [5.41, 5.74) is 0. The molecule has 0 unspecified atom stereocenters. The first-order valence-corrected chi connectivity index (χ1v) is 6.03. The van der Waals surface area contributed by atoms with Crippen molar-refractivity contribution in [1.29, 1.82) is 0 Å². The molecule has 0 saturated carbocycles. The zero-order chi connectivity index (χ0) is 14.7. The van der Waals surface area contributed by atoms with Gasteiger partial charge in [0, 0.05) is 12.4 Å². The fourth-order valence-corrected chi connectivity index (χ4v) is 2.25. The maximum Gasteiger partial charge on any atom is 0.440 e. The summed E-state index contributed by atoms with van der Waals surface area (Å²) in [7, 11) is -4.80. The summed E-state index contributed by atoms with van der Waals surface area (Å²) in [5.74, 6) is 0. The minimum Gasteiger partial charge on any atom is -0.282 e. The summed E-state index contributed by atoms with van der Waals surface area (Å²) >= 11 is 0. The number of imidazole rings is 1. The van der Waals surface area contributed by atoms with Crippen molar-refractivity contribution >= 4 is 7.75 Å². The second kappa shape index (κ2) is 5.51. The lowest BCUT2D eigenvalue weighted by Gasteiger charge is -2.20. The molecule has 19 heavy (non-hydrogen) atoms. The molecule has 0 amide bonds. The number of hydrogen-bond acceptors (Lipinski definition) is 4. The molecule has 0 aliphatic rings. The number of alkyl halides is 6. The largest absolute Gasteiger partial charge is 0.440 e. The van der Waals surface area contributed by atoms with Crippen molar-refractivity contribution in [2.75, 3.05) is 13.2 Å². The van der Waals surface area contributed by atoms with Crippen LogP contribution < -0.4 is 0 Å². The first-order chi connectivity index (χ1) is 8.52. The van der Waals surface area contributed by atoms with E-state index in [1.807, 2.05) is 0 Å². The number of nitrogens with zero attached hydrogens (tertiary/aromatic N) is 2. The van der Waals surface area contributed by atoms with Gasteiger partial charge in [-0.05, 0) is 0 Å². The normalized spacial score (nSPS) is 13.8. The van der Waals surface area contributed by atoms with Gasteiger partial charge in [-0.3, -0.25) is 9.05 Å².